The third-order valence-electron chi connectivity index (χ3n) is 3.57. The maximum absolute atomic E-state index is 5.41. The second-order valence-electron chi connectivity index (χ2n) is 4.41. The van der Waals surface area contributed by atoms with E-state index < -0.39 is 0 Å². The normalized spacial score (nSPS) is 25.9. The summed E-state index contributed by atoms with van der Waals surface area (Å²) >= 11 is 1.94. The number of nitrogens with zero attached hydrogens (tertiary/aromatic N) is 1. The highest BCUT2D eigenvalue weighted by atomic mass is 35.5. The van der Waals surface area contributed by atoms with Gasteiger partial charge in [0.05, 0.1) is 13.2 Å². The minimum Gasteiger partial charge on any atom is -0.379 e. The topological polar surface area (TPSA) is 12.5 Å². The smallest absolute Gasteiger partial charge is 0.0594 e. The van der Waals surface area contributed by atoms with Crippen LogP contribution in [0.1, 0.15) is 16.9 Å². The van der Waals surface area contributed by atoms with Gasteiger partial charge in [0.1, 0.15) is 0 Å². The van der Waals surface area contributed by atoms with Crippen LogP contribution in [0.15, 0.2) is 11.4 Å². The molecule has 1 fully saturated rings. The lowest BCUT2D eigenvalue weighted by molar-refractivity contribution is 0.0140. The molecule has 2 heterocycles. The zero-order chi connectivity index (χ0) is 10.1. The van der Waals surface area contributed by atoms with E-state index in [0.717, 1.165) is 32.3 Å². The second kappa shape index (κ2) is 5.50. The highest BCUT2D eigenvalue weighted by Crippen LogP contribution is 2.28. The summed E-state index contributed by atoms with van der Waals surface area (Å²) in [6.07, 6.45) is 3.89. The Balaban J connectivity index is 0.000000963. The number of ether oxygens (including phenoxy) is 1. The maximum Gasteiger partial charge on any atom is 0.0594 e. The first kappa shape index (κ1) is 12.4. The largest absolute Gasteiger partial charge is 0.379 e. The van der Waals surface area contributed by atoms with Gasteiger partial charge in [0.25, 0.3) is 0 Å². The van der Waals surface area contributed by atoms with Crippen molar-refractivity contribution in [1.82, 2.24) is 4.90 Å². The van der Waals surface area contributed by atoms with E-state index >= 15 is 0 Å². The molecule has 1 atom stereocenters. The molecule has 3 rings (SSSR count). The maximum atomic E-state index is 5.41. The van der Waals surface area contributed by atoms with Crippen molar-refractivity contribution < 1.29 is 4.74 Å². The van der Waals surface area contributed by atoms with Crippen molar-refractivity contribution in [1.29, 1.82) is 0 Å². The molecule has 1 saturated heterocycles. The van der Waals surface area contributed by atoms with Crippen molar-refractivity contribution >= 4 is 23.7 Å². The first-order chi connectivity index (χ1) is 7.43. The summed E-state index contributed by atoms with van der Waals surface area (Å²) in [6.45, 7) is 4.11. The number of thiophene rings is 1. The molecule has 16 heavy (non-hydrogen) atoms. The SMILES string of the molecule is Cl.c1cc2c(s1)CC(N1CCOCC1)CC2. The minimum atomic E-state index is 0. The van der Waals surface area contributed by atoms with Crippen LogP contribution in [-0.4, -0.2) is 37.2 Å². The molecule has 0 aromatic carbocycles. The highest BCUT2D eigenvalue weighted by Gasteiger charge is 2.25. The van der Waals surface area contributed by atoms with E-state index in [0.29, 0.717) is 0 Å². The summed E-state index contributed by atoms with van der Waals surface area (Å²) in [4.78, 5) is 4.24. The summed E-state index contributed by atoms with van der Waals surface area (Å²) in [7, 11) is 0. The third kappa shape index (κ3) is 2.43. The fourth-order valence-electron chi connectivity index (χ4n) is 2.66. The van der Waals surface area contributed by atoms with Crippen molar-refractivity contribution in [2.24, 2.45) is 0 Å². The number of rotatable bonds is 1. The monoisotopic (exact) mass is 259 g/mol. The molecule has 0 radical (unpaired) electrons. The first-order valence-electron chi connectivity index (χ1n) is 5.80. The van der Waals surface area contributed by atoms with Crippen LogP contribution in [0, 0.1) is 0 Å². The number of morpholine rings is 1. The summed E-state index contributed by atoms with van der Waals surface area (Å²) < 4.78 is 5.41. The Morgan fingerprint density at radius 2 is 2.12 bits per heavy atom. The van der Waals surface area contributed by atoms with Crippen LogP contribution in [0.4, 0.5) is 0 Å². The van der Waals surface area contributed by atoms with Crippen molar-refractivity contribution in [2.45, 2.75) is 25.3 Å². The van der Waals surface area contributed by atoms with Crippen LogP contribution in [0.5, 0.6) is 0 Å². The number of halogens is 1. The molecule has 4 heteroatoms. The van der Waals surface area contributed by atoms with E-state index in [2.05, 4.69) is 16.3 Å². The Kier molecular flexibility index (Phi) is 4.25. The van der Waals surface area contributed by atoms with Crippen molar-refractivity contribution in [2.75, 3.05) is 26.3 Å². The molecular formula is C12H18ClNOS. The Morgan fingerprint density at radius 3 is 2.94 bits per heavy atom. The molecule has 1 aromatic heterocycles. The quantitative estimate of drug-likeness (QED) is 0.768. The molecule has 90 valence electrons. The summed E-state index contributed by atoms with van der Waals surface area (Å²) in [5, 5.41) is 2.24. The molecule has 0 N–H and O–H groups in total. The van der Waals surface area contributed by atoms with Gasteiger partial charge in [0.15, 0.2) is 0 Å². The molecular weight excluding hydrogens is 242 g/mol. The zero-order valence-electron chi connectivity index (χ0n) is 9.35. The lowest BCUT2D eigenvalue weighted by Crippen LogP contribution is -2.45. The Morgan fingerprint density at radius 1 is 1.31 bits per heavy atom. The van der Waals surface area contributed by atoms with E-state index in [9.17, 15) is 0 Å². The van der Waals surface area contributed by atoms with E-state index in [4.69, 9.17) is 4.74 Å². The molecule has 1 aromatic rings. The van der Waals surface area contributed by atoms with Crippen molar-refractivity contribution in [3.8, 4) is 0 Å². The zero-order valence-corrected chi connectivity index (χ0v) is 11.0. The molecule has 1 unspecified atom stereocenters. The number of hydrogen-bond acceptors (Lipinski definition) is 3. The highest BCUT2D eigenvalue weighted by molar-refractivity contribution is 7.10. The van der Waals surface area contributed by atoms with Gasteiger partial charge in [-0.2, -0.15) is 0 Å². The molecule has 2 aliphatic rings. The molecule has 0 amide bonds. The van der Waals surface area contributed by atoms with Gasteiger partial charge >= 0.3 is 0 Å². The predicted molar refractivity (Wildman–Crippen MR) is 69.8 cm³/mol. The van der Waals surface area contributed by atoms with Crippen molar-refractivity contribution in [3.05, 3.63) is 21.9 Å². The van der Waals surface area contributed by atoms with Gasteiger partial charge in [0.2, 0.25) is 0 Å². The lowest BCUT2D eigenvalue weighted by Gasteiger charge is -2.36. The number of fused-ring (bicyclic) bond motifs is 1. The van der Waals surface area contributed by atoms with Gasteiger partial charge in [-0.05, 0) is 36.3 Å². The van der Waals surface area contributed by atoms with E-state index in [-0.39, 0.29) is 12.4 Å². The van der Waals surface area contributed by atoms with E-state index in [1.807, 2.05) is 11.3 Å². The lowest BCUT2D eigenvalue weighted by atomic mass is 9.93. The van der Waals surface area contributed by atoms with Gasteiger partial charge in [-0.25, -0.2) is 0 Å². The number of aryl methyl sites for hydroxylation is 1. The standard InChI is InChI=1S/C12H17NOS.ClH/c1-2-11(13-4-6-14-7-5-13)9-12-10(1)3-8-15-12;/h3,8,11H,1-2,4-7,9H2;1H. The fourth-order valence-corrected chi connectivity index (χ4v) is 3.67. The molecule has 0 spiro atoms. The second-order valence-corrected chi connectivity index (χ2v) is 5.41. The third-order valence-corrected chi connectivity index (χ3v) is 4.55. The average Bonchev–Trinajstić information content (AvgIpc) is 2.77. The summed E-state index contributed by atoms with van der Waals surface area (Å²) in [5.41, 5.74) is 1.60. The van der Waals surface area contributed by atoms with Gasteiger partial charge in [-0.3, -0.25) is 4.90 Å². The van der Waals surface area contributed by atoms with Gasteiger partial charge in [-0.1, -0.05) is 0 Å². The molecule has 1 aliphatic carbocycles. The van der Waals surface area contributed by atoms with Gasteiger partial charge in [0, 0.05) is 24.0 Å². The van der Waals surface area contributed by atoms with Crippen LogP contribution >= 0.6 is 23.7 Å². The van der Waals surface area contributed by atoms with E-state index in [1.54, 1.807) is 10.4 Å². The molecule has 2 nitrogen and oxygen atoms in total. The van der Waals surface area contributed by atoms with Gasteiger partial charge < -0.3 is 4.74 Å². The van der Waals surface area contributed by atoms with Crippen LogP contribution in [0.2, 0.25) is 0 Å². The van der Waals surface area contributed by atoms with Crippen LogP contribution in [0.3, 0.4) is 0 Å². The predicted octanol–water partition coefficient (Wildman–Crippen LogP) is 2.36. The van der Waals surface area contributed by atoms with Crippen molar-refractivity contribution in [3.63, 3.8) is 0 Å². The Hall–Kier alpha value is -0.0900. The molecule has 0 saturated carbocycles. The summed E-state index contributed by atoms with van der Waals surface area (Å²) in [5.74, 6) is 0. The van der Waals surface area contributed by atoms with E-state index in [1.165, 1.54) is 19.3 Å². The molecule has 1 aliphatic heterocycles. The van der Waals surface area contributed by atoms with Crippen LogP contribution in [0.25, 0.3) is 0 Å². The van der Waals surface area contributed by atoms with Gasteiger partial charge in [-0.15, -0.1) is 23.7 Å². The van der Waals surface area contributed by atoms with Crippen LogP contribution in [-0.2, 0) is 17.6 Å². The summed E-state index contributed by atoms with van der Waals surface area (Å²) in [6, 6.07) is 3.08. The fraction of sp³-hybridized carbons (Fsp3) is 0.667. The Labute approximate surface area is 107 Å². The number of hydrogen-bond donors (Lipinski definition) is 0. The Bertz CT molecular complexity index is 336. The minimum absolute atomic E-state index is 0. The first-order valence-corrected chi connectivity index (χ1v) is 6.68. The average molecular weight is 260 g/mol. The molecule has 0 bridgehead atoms. The van der Waals surface area contributed by atoms with Crippen LogP contribution < -0.4 is 0 Å².